The lowest BCUT2D eigenvalue weighted by Crippen LogP contribution is -2.52. The molecule has 0 bridgehead atoms. The summed E-state index contributed by atoms with van der Waals surface area (Å²) in [4.78, 5) is 16.3. The van der Waals surface area contributed by atoms with Gasteiger partial charge in [-0.15, -0.1) is 24.8 Å². The van der Waals surface area contributed by atoms with Gasteiger partial charge < -0.3 is 24.8 Å². The van der Waals surface area contributed by atoms with Crippen LogP contribution in [0.4, 0.5) is 0 Å². The zero-order chi connectivity index (χ0) is 18.4. The van der Waals surface area contributed by atoms with Gasteiger partial charge in [-0.25, -0.2) is 0 Å². The first-order valence-corrected chi connectivity index (χ1v) is 8.59. The molecule has 2 rings (SSSR count). The maximum Gasteiger partial charge on any atom is 0.239 e. The van der Waals surface area contributed by atoms with Gasteiger partial charge in [0.05, 0.1) is 27.4 Å². The van der Waals surface area contributed by atoms with Crippen molar-refractivity contribution in [3.63, 3.8) is 0 Å². The summed E-state index contributed by atoms with van der Waals surface area (Å²) in [5, 5.41) is 0. The second-order valence-electron chi connectivity index (χ2n) is 6.15. The van der Waals surface area contributed by atoms with Crippen LogP contribution in [0.25, 0.3) is 0 Å². The van der Waals surface area contributed by atoms with E-state index < -0.39 is 0 Å². The van der Waals surface area contributed by atoms with Gasteiger partial charge in [0.25, 0.3) is 0 Å². The summed E-state index contributed by atoms with van der Waals surface area (Å²) in [6, 6.07) is 3.54. The van der Waals surface area contributed by atoms with Crippen molar-refractivity contribution in [2.75, 3.05) is 47.5 Å². The second-order valence-corrected chi connectivity index (χ2v) is 6.15. The Morgan fingerprint density at radius 1 is 1.04 bits per heavy atom. The van der Waals surface area contributed by atoms with Crippen LogP contribution < -0.4 is 19.9 Å². The number of piperazine rings is 1. The molecule has 27 heavy (non-hydrogen) atoms. The van der Waals surface area contributed by atoms with E-state index in [-0.39, 0.29) is 36.8 Å². The molecule has 0 unspecified atom stereocenters. The predicted molar refractivity (Wildman–Crippen MR) is 111 cm³/mol. The van der Waals surface area contributed by atoms with E-state index in [1.165, 1.54) is 0 Å². The van der Waals surface area contributed by atoms with Gasteiger partial charge in [0.2, 0.25) is 11.7 Å². The molecule has 1 heterocycles. The number of carbonyl (C=O) groups excluding carboxylic acids is 1. The molecule has 0 aromatic heterocycles. The number of carbonyl (C=O) groups is 1. The molecule has 1 aromatic rings. The molecule has 1 aliphatic rings. The Morgan fingerprint density at radius 2 is 1.56 bits per heavy atom. The Bertz CT molecular complexity index is 571. The van der Waals surface area contributed by atoms with Crippen molar-refractivity contribution in [3.8, 4) is 17.2 Å². The molecule has 1 atom stereocenters. The van der Waals surface area contributed by atoms with Gasteiger partial charge in [0.15, 0.2) is 11.5 Å². The van der Waals surface area contributed by atoms with Crippen molar-refractivity contribution >= 4 is 30.7 Å². The number of methoxy groups -OCH3 is 3. The highest BCUT2D eigenvalue weighted by atomic mass is 35.5. The molecule has 9 heteroatoms. The van der Waals surface area contributed by atoms with E-state index in [1.807, 2.05) is 24.0 Å². The molecule has 0 saturated carbocycles. The van der Waals surface area contributed by atoms with Crippen LogP contribution in [0.5, 0.6) is 17.2 Å². The average Bonchev–Trinajstić information content (AvgIpc) is 2.66. The van der Waals surface area contributed by atoms with Crippen molar-refractivity contribution in [3.05, 3.63) is 17.7 Å². The average molecular weight is 424 g/mol. The standard InChI is InChI=1S/C18H29N3O4.2ClH/c1-5-14(19)18(22)21-8-6-20(7-9-21)12-13-10-15(23-2)17(25-4)16(11-13)24-3;;/h10-11,14H,5-9,12,19H2,1-4H3;2*1H/t14-;;/m0../s1. The Balaban J connectivity index is 0.00000338. The van der Waals surface area contributed by atoms with E-state index in [9.17, 15) is 4.79 Å². The first-order valence-electron chi connectivity index (χ1n) is 8.59. The van der Waals surface area contributed by atoms with Gasteiger partial charge in [-0.1, -0.05) is 6.92 Å². The number of halogens is 2. The lowest BCUT2D eigenvalue weighted by atomic mass is 10.1. The normalized spacial score (nSPS) is 15.2. The number of benzene rings is 1. The quantitative estimate of drug-likeness (QED) is 0.721. The van der Waals surface area contributed by atoms with Crippen molar-refractivity contribution in [1.82, 2.24) is 9.80 Å². The van der Waals surface area contributed by atoms with Crippen LogP contribution in [-0.2, 0) is 11.3 Å². The largest absolute Gasteiger partial charge is 0.493 e. The van der Waals surface area contributed by atoms with Crippen LogP contribution in [0.1, 0.15) is 18.9 Å². The maximum atomic E-state index is 12.2. The summed E-state index contributed by atoms with van der Waals surface area (Å²) in [6.07, 6.45) is 0.671. The van der Waals surface area contributed by atoms with Gasteiger partial charge >= 0.3 is 0 Å². The summed E-state index contributed by atoms with van der Waals surface area (Å²) in [6.45, 7) is 5.74. The summed E-state index contributed by atoms with van der Waals surface area (Å²) in [7, 11) is 4.82. The molecular weight excluding hydrogens is 393 g/mol. The number of hydrogen-bond acceptors (Lipinski definition) is 6. The maximum absolute atomic E-state index is 12.2. The molecule has 156 valence electrons. The third-order valence-electron chi connectivity index (χ3n) is 4.57. The monoisotopic (exact) mass is 423 g/mol. The fourth-order valence-corrected chi connectivity index (χ4v) is 3.02. The number of nitrogens with two attached hydrogens (primary N) is 1. The number of hydrogen-bond donors (Lipinski definition) is 1. The van der Waals surface area contributed by atoms with Gasteiger partial charge in [-0.05, 0) is 24.1 Å². The molecule has 0 radical (unpaired) electrons. The summed E-state index contributed by atoms with van der Waals surface area (Å²) < 4.78 is 16.2. The Morgan fingerprint density at radius 3 is 1.96 bits per heavy atom. The molecule has 1 aliphatic heterocycles. The summed E-state index contributed by atoms with van der Waals surface area (Å²) in [5.74, 6) is 1.95. The fourth-order valence-electron chi connectivity index (χ4n) is 3.02. The Kier molecular flexibility index (Phi) is 11.5. The van der Waals surface area contributed by atoms with E-state index in [0.717, 1.165) is 25.2 Å². The molecule has 7 nitrogen and oxygen atoms in total. The third-order valence-corrected chi connectivity index (χ3v) is 4.57. The molecule has 1 amide bonds. The molecule has 2 N–H and O–H groups in total. The predicted octanol–water partition coefficient (Wildman–Crippen LogP) is 1.94. The van der Waals surface area contributed by atoms with Crippen molar-refractivity contribution in [2.24, 2.45) is 5.73 Å². The van der Waals surface area contributed by atoms with Crippen LogP contribution in [0.15, 0.2) is 12.1 Å². The smallest absolute Gasteiger partial charge is 0.239 e. The minimum Gasteiger partial charge on any atom is -0.493 e. The highest BCUT2D eigenvalue weighted by Crippen LogP contribution is 2.38. The highest BCUT2D eigenvalue weighted by molar-refractivity contribution is 5.85. The number of ether oxygens (including phenoxy) is 3. The van der Waals surface area contributed by atoms with E-state index in [4.69, 9.17) is 19.9 Å². The van der Waals surface area contributed by atoms with Crippen LogP contribution in [0, 0.1) is 0 Å². The van der Waals surface area contributed by atoms with Gasteiger partial charge in [0.1, 0.15) is 0 Å². The minimum absolute atomic E-state index is 0. The van der Waals surface area contributed by atoms with Crippen molar-refractivity contribution < 1.29 is 19.0 Å². The number of amides is 1. The third kappa shape index (κ3) is 6.31. The van der Waals surface area contributed by atoms with Gasteiger partial charge in [-0.2, -0.15) is 0 Å². The fraction of sp³-hybridized carbons (Fsp3) is 0.611. The topological polar surface area (TPSA) is 77.3 Å². The van der Waals surface area contributed by atoms with Gasteiger partial charge in [-0.3, -0.25) is 9.69 Å². The number of nitrogens with zero attached hydrogens (tertiary/aromatic N) is 2. The SMILES string of the molecule is CC[C@H](N)C(=O)N1CCN(Cc2cc(OC)c(OC)c(OC)c2)CC1.Cl.Cl. The summed E-state index contributed by atoms with van der Waals surface area (Å²) in [5.41, 5.74) is 6.94. The zero-order valence-electron chi connectivity index (χ0n) is 16.4. The van der Waals surface area contributed by atoms with Crippen LogP contribution in [0.3, 0.4) is 0 Å². The van der Waals surface area contributed by atoms with Crippen molar-refractivity contribution in [1.29, 1.82) is 0 Å². The van der Waals surface area contributed by atoms with E-state index in [1.54, 1.807) is 21.3 Å². The number of rotatable bonds is 7. The lowest BCUT2D eigenvalue weighted by molar-refractivity contribution is -0.134. The van der Waals surface area contributed by atoms with E-state index in [0.29, 0.717) is 36.8 Å². The first-order chi connectivity index (χ1) is 12.0. The van der Waals surface area contributed by atoms with E-state index in [2.05, 4.69) is 4.90 Å². The highest BCUT2D eigenvalue weighted by Gasteiger charge is 2.24. The van der Waals surface area contributed by atoms with Gasteiger partial charge in [0, 0.05) is 32.7 Å². The van der Waals surface area contributed by atoms with Crippen LogP contribution in [0.2, 0.25) is 0 Å². The molecule has 0 spiro atoms. The molecule has 1 saturated heterocycles. The molecule has 0 aliphatic carbocycles. The van der Waals surface area contributed by atoms with E-state index >= 15 is 0 Å². The zero-order valence-corrected chi connectivity index (χ0v) is 18.0. The molecule has 1 fully saturated rings. The summed E-state index contributed by atoms with van der Waals surface area (Å²) >= 11 is 0. The lowest BCUT2D eigenvalue weighted by Gasteiger charge is -2.36. The minimum atomic E-state index is -0.387. The van der Waals surface area contributed by atoms with Crippen molar-refractivity contribution in [2.45, 2.75) is 25.9 Å². The molecule has 1 aromatic carbocycles. The van der Waals surface area contributed by atoms with Crippen LogP contribution >= 0.6 is 24.8 Å². The first kappa shape index (κ1) is 25.6. The Hall–Kier alpha value is -1.41. The van der Waals surface area contributed by atoms with Crippen LogP contribution in [-0.4, -0.2) is 69.3 Å². The molecular formula is C18H31Cl2N3O4. The second kappa shape index (κ2) is 12.1. The Labute approximate surface area is 173 Å².